The van der Waals surface area contributed by atoms with E-state index in [2.05, 4.69) is 37.0 Å². The Labute approximate surface area is 146 Å². The summed E-state index contributed by atoms with van der Waals surface area (Å²) in [6.45, 7) is 6.97. The van der Waals surface area contributed by atoms with Gasteiger partial charge in [-0.15, -0.1) is 10.2 Å². The Morgan fingerprint density at radius 2 is 2.00 bits per heavy atom. The van der Waals surface area contributed by atoms with Gasteiger partial charge in [-0.25, -0.2) is 14.2 Å². The first-order valence-corrected chi connectivity index (χ1v) is 8.61. The SMILES string of the molecule is CCN(c1nc(/C=C/c2nc3c(C)ncc(C)n3n2)n(C)n1)C1CC1. The Kier molecular flexibility index (Phi) is 3.74. The summed E-state index contributed by atoms with van der Waals surface area (Å²) in [6, 6.07) is 0.600. The van der Waals surface area contributed by atoms with Crippen molar-refractivity contribution in [1.82, 2.24) is 34.3 Å². The van der Waals surface area contributed by atoms with Gasteiger partial charge in [0.1, 0.15) is 0 Å². The molecule has 0 spiro atoms. The maximum absolute atomic E-state index is 4.66. The summed E-state index contributed by atoms with van der Waals surface area (Å²) >= 11 is 0. The number of fused-ring (bicyclic) bond motifs is 1. The van der Waals surface area contributed by atoms with Gasteiger partial charge in [0.25, 0.3) is 0 Å². The molecule has 4 rings (SSSR count). The molecule has 0 radical (unpaired) electrons. The smallest absolute Gasteiger partial charge is 0.245 e. The summed E-state index contributed by atoms with van der Waals surface area (Å²) in [5.41, 5.74) is 2.60. The van der Waals surface area contributed by atoms with Gasteiger partial charge in [0.15, 0.2) is 17.3 Å². The van der Waals surface area contributed by atoms with Crippen LogP contribution in [0, 0.1) is 13.8 Å². The lowest BCUT2D eigenvalue weighted by Gasteiger charge is -2.17. The zero-order chi connectivity index (χ0) is 17.6. The van der Waals surface area contributed by atoms with E-state index in [1.165, 1.54) is 12.8 Å². The Morgan fingerprint density at radius 3 is 2.68 bits per heavy atom. The number of rotatable bonds is 5. The van der Waals surface area contributed by atoms with Crippen LogP contribution >= 0.6 is 0 Å². The van der Waals surface area contributed by atoms with Crippen LogP contribution in [0.1, 0.15) is 42.8 Å². The molecule has 0 aliphatic heterocycles. The molecule has 3 aromatic rings. The molecule has 3 aromatic heterocycles. The molecule has 1 fully saturated rings. The van der Waals surface area contributed by atoms with Gasteiger partial charge in [-0.05, 0) is 45.8 Å². The van der Waals surface area contributed by atoms with Crippen LogP contribution in [0.15, 0.2) is 6.20 Å². The van der Waals surface area contributed by atoms with Crippen molar-refractivity contribution in [2.24, 2.45) is 7.05 Å². The molecular weight excluding hydrogens is 316 g/mol. The van der Waals surface area contributed by atoms with Crippen molar-refractivity contribution in [3.05, 3.63) is 29.2 Å². The second-order valence-corrected chi connectivity index (χ2v) is 6.43. The average Bonchev–Trinajstić information content (AvgIpc) is 3.21. The lowest BCUT2D eigenvalue weighted by atomic mass is 10.4. The van der Waals surface area contributed by atoms with Crippen LogP contribution in [0.4, 0.5) is 5.95 Å². The van der Waals surface area contributed by atoms with E-state index in [4.69, 9.17) is 0 Å². The van der Waals surface area contributed by atoms with Crippen molar-refractivity contribution in [3.8, 4) is 0 Å². The van der Waals surface area contributed by atoms with Crippen LogP contribution < -0.4 is 4.90 Å². The molecule has 0 atom stereocenters. The highest BCUT2D eigenvalue weighted by Crippen LogP contribution is 2.29. The number of aromatic nitrogens is 7. The van der Waals surface area contributed by atoms with Crippen molar-refractivity contribution >= 4 is 23.7 Å². The zero-order valence-electron chi connectivity index (χ0n) is 15.0. The molecule has 8 nitrogen and oxygen atoms in total. The summed E-state index contributed by atoms with van der Waals surface area (Å²) in [5.74, 6) is 2.23. The molecule has 1 aliphatic rings. The molecule has 0 aromatic carbocycles. The number of hydrogen-bond donors (Lipinski definition) is 0. The third kappa shape index (κ3) is 2.88. The molecule has 0 unspecified atom stereocenters. The molecule has 25 heavy (non-hydrogen) atoms. The number of aryl methyl sites for hydroxylation is 3. The molecule has 130 valence electrons. The van der Waals surface area contributed by atoms with E-state index in [-0.39, 0.29) is 0 Å². The fraction of sp³-hybridized carbons (Fsp3) is 0.471. The fourth-order valence-corrected chi connectivity index (χ4v) is 2.93. The zero-order valence-corrected chi connectivity index (χ0v) is 15.0. The lowest BCUT2D eigenvalue weighted by Crippen LogP contribution is -2.26. The normalized spacial score (nSPS) is 14.7. The fourth-order valence-electron chi connectivity index (χ4n) is 2.93. The second-order valence-electron chi connectivity index (χ2n) is 6.43. The van der Waals surface area contributed by atoms with Crippen molar-refractivity contribution in [2.45, 2.75) is 39.7 Å². The standard InChI is InChI=1S/C17H22N8/c1-5-24(13-6-7-13)17-20-15(23(4)22-17)9-8-14-19-16-12(3)18-10-11(2)25(16)21-14/h8-10,13H,5-7H2,1-4H3/b9-8+. The average molecular weight is 338 g/mol. The van der Waals surface area contributed by atoms with Crippen LogP contribution in [0.3, 0.4) is 0 Å². The first-order chi connectivity index (χ1) is 12.1. The summed E-state index contributed by atoms with van der Waals surface area (Å²) < 4.78 is 3.61. The molecule has 8 heteroatoms. The van der Waals surface area contributed by atoms with E-state index in [0.29, 0.717) is 11.9 Å². The second kappa shape index (κ2) is 5.94. The van der Waals surface area contributed by atoms with E-state index in [1.54, 1.807) is 10.9 Å². The molecular formula is C17H22N8. The van der Waals surface area contributed by atoms with E-state index in [1.807, 2.05) is 37.6 Å². The van der Waals surface area contributed by atoms with Crippen LogP contribution in [-0.2, 0) is 7.05 Å². The third-order valence-corrected chi connectivity index (χ3v) is 4.48. The number of anilines is 1. The van der Waals surface area contributed by atoms with Gasteiger partial charge in [-0.3, -0.25) is 4.98 Å². The van der Waals surface area contributed by atoms with Gasteiger partial charge in [0.2, 0.25) is 5.95 Å². The molecule has 3 heterocycles. The molecule has 1 saturated carbocycles. The Morgan fingerprint density at radius 1 is 1.20 bits per heavy atom. The molecule has 0 amide bonds. The summed E-state index contributed by atoms with van der Waals surface area (Å²) in [6.07, 6.45) is 8.04. The van der Waals surface area contributed by atoms with Crippen LogP contribution in [-0.4, -0.2) is 46.9 Å². The largest absolute Gasteiger partial charge is 0.337 e. The Balaban J connectivity index is 1.63. The van der Waals surface area contributed by atoms with Gasteiger partial charge < -0.3 is 4.90 Å². The van der Waals surface area contributed by atoms with Crippen molar-refractivity contribution in [3.63, 3.8) is 0 Å². The third-order valence-electron chi connectivity index (χ3n) is 4.48. The van der Waals surface area contributed by atoms with E-state index in [0.717, 1.165) is 35.4 Å². The predicted molar refractivity (Wildman–Crippen MR) is 96.2 cm³/mol. The van der Waals surface area contributed by atoms with Crippen molar-refractivity contribution in [1.29, 1.82) is 0 Å². The van der Waals surface area contributed by atoms with Gasteiger partial charge >= 0.3 is 0 Å². The maximum atomic E-state index is 4.66. The highest BCUT2D eigenvalue weighted by atomic mass is 15.4. The van der Waals surface area contributed by atoms with E-state index in [9.17, 15) is 0 Å². The lowest BCUT2D eigenvalue weighted by molar-refractivity contribution is 0.729. The Hall–Kier alpha value is -2.77. The van der Waals surface area contributed by atoms with Gasteiger partial charge in [0.05, 0.1) is 11.4 Å². The van der Waals surface area contributed by atoms with Gasteiger partial charge in [-0.2, -0.15) is 4.98 Å². The summed E-state index contributed by atoms with van der Waals surface area (Å²) in [4.78, 5) is 15.8. The number of hydrogen-bond acceptors (Lipinski definition) is 6. The monoisotopic (exact) mass is 338 g/mol. The Bertz CT molecular complexity index is 908. The maximum Gasteiger partial charge on any atom is 0.245 e. The topological polar surface area (TPSA) is 77.0 Å². The molecule has 0 saturated heterocycles. The van der Waals surface area contributed by atoms with Crippen LogP contribution in [0.2, 0.25) is 0 Å². The molecule has 0 N–H and O–H groups in total. The summed E-state index contributed by atoms with van der Waals surface area (Å²) in [5, 5.41) is 9.08. The molecule has 1 aliphatic carbocycles. The van der Waals surface area contributed by atoms with Gasteiger partial charge in [0, 0.05) is 25.8 Å². The number of nitrogens with zero attached hydrogens (tertiary/aromatic N) is 8. The van der Waals surface area contributed by atoms with E-state index >= 15 is 0 Å². The van der Waals surface area contributed by atoms with Gasteiger partial charge in [-0.1, -0.05) is 0 Å². The highest BCUT2D eigenvalue weighted by Gasteiger charge is 2.30. The summed E-state index contributed by atoms with van der Waals surface area (Å²) in [7, 11) is 1.91. The van der Waals surface area contributed by atoms with Crippen LogP contribution in [0.5, 0.6) is 0 Å². The predicted octanol–water partition coefficient (Wildman–Crippen LogP) is 2.03. The van der Waals surface area contributed by atoms with Crippen molar-refractivity contribution < 1.29 is 0 Å². The minimum Gasteiger partial charge on any atom is -0.337 e. The first kappa shape index (κ1) is 15.7. The first-order valence-electron chi connectivity index (χ1n) is 8.61. The minimum atomic E-state index is 0.600. The molecule has 0 bridgehead atoms. The minimum absolute atomic E-state index is 0.600. The van der Waals surface area contributed by atoms with E-state index < -0.39 is 0 Å². The van der Waals surface area contributed by atoms with Crippen molar-refractivity contribution in [2.75, 3.05) is 11.4 Å². The highest BCUT2D eigenvalue weighted by molar-refractivity contribution is 5.65. The quantitative estimate of drug-likeness (QED) is 0.708. The van der Waals surface area contributed by atoms with Crippen LogP contribution in [0.25, 0.3) is 17.8 Å².